The van der Waals surface area contributed by atoms with Crippen molar-refractivity contribution in [3.63, 3.8) is 0 Å². The Hall–Kier alpha value is -2.12. The van der Waals surface area contributed by atoms with E-state index in [9.17, 15) is 9.59 Å². The number of carbonyl (C=O) groups excluding carboxylic acids is 2. The Labute approximate surface area is 142 Å². The summed E-state index contributed by atoms with van der Waals surface area (Å²) in [6.07, 6.45) is -1.08. The van der Waals surface area contributed by atoms with E-state index in [4.69, 9.17) is 14.2 Å². The molecule has 0 aromatic heterocycles. The van der Waals surface area contributed by atoms with E-state index in [0.717, 1.165) is 6.54 Å². The van der Waals surface area contributed by atoms with Crippen LogP contribution >= 0.6 is 0 Å². The van der Waals surface area contributed by atoms with Gasteiger partial charge in [0.25, 0.3) is 0 Å². The maximum absolute atomic E-state index is 11.5. The molecule has 1 amide bonds. The highest BCUT2D eigenvalue weighted by atomic mass is 16.6. The molecule has 7 nitrogen and oxygen atoms in total. The first kappa shape index (κ1) is 19.9. The van der Waals surface area contributed by atoms with Crippen LogP contribution in [0.15, 0.2) is 24.3 Å². The summed E-state index contributed by atoms with van der Waals surface area (Å²) >= 11 is 0. The van der Waals surface area contributed by atoms with E-state index in [1.54, 1.807) is 31.2 Å². The van der Waals surface area contributed by atoms with Crippen LogP contribution in [0.25, 0.3) is 0 Å². The second kappa shape index (κ2) is 10.6. The molecule has 0 saturated heterocycles. The van der Waals surface area contributed by atoms with Crippen LogP contribution in [0.2, 0.25) is 0 Å². The van der Waals surface area contributed by atoms with Crippen molar-refractivity contribution in [2.75, 3.05) is 40.4 Å². The Bertz CT molecular complexity index is 533. The molecule has 0 aliphatic carbocycles. The summed E-state index contributed by atoms with van der Waals surface area (Å²) in [6, 6.07) is 6.86. The molecular weight excluding hydrogens is 312 g/mol. The number of likely N-dealkylation sites (N-methyl/N-ethyl adjacent to an activating group) is 1. The third kappa shape index (κ3) is 7.94. The van der Waals surface area contributed by atoms with Gasteiger partial charge in [-0.25, -0.2) is 4.79 Å². The van der Waals surface area contributed by atoms with E-state index in [0.29, 0.717) is 24.5 Å². The molecule has 0 saturated carbocycles. The van der Waals surface area contributed by atoms with Crippen LogP contribution in [0.1, 0.15) is 25.5 Å². The minimum Gasteiger partial charge on any atom is -0.455 e. The Morgan fingerprint density at radius 3 is 2.67 bits per heavy atom. The zero-order valence-electron chi connectivity index (χ0n) is 14.7. The quantitative estimate of drug-likeness (QED) is 0.548. The molecule has 1 atom stereocenters. The predicted octanol–water partition coefficient (Wildman–Crippen LogP) is 1.98. The van der Waals surface area contributed by atoms with Gasteiger partial charge in [0.1, 0.15) is 5.75 Å². The van der Waals surface area contributed by atoms with Crippen molar-refractivity contribution in [2.24, 2.45) is 0 Å². The molecule has 1 aromatic carbocycles. The highest BCUT2D eigenvalue weighted by Crippen LogP contribution is 2.23. The zero-order chi connectivity index (χ0) is 17.9. The number of benzene rings is 1. The number of ether oxygens (including phenoxy) is 3. The van der Waals surface area contributed by atoms with Crippen LogP contribution in [0.3, 0.4) is 0 Å². The standard InChI is InChI=1S/C17H26N2O5/c1-5-18-17(21)24-15-8-6-7-14(11-15)16(23-13(2)20)12-22-10-9-19(3)4/h6-8,11,16H,5,9-10,12H2,1-4H3,(H,18,21). The number of carbonyl (C=O) groups is 2. The molecule has 1 rings (SSSR count). The molecule has 1 N–H and O–H groups in total. The monoisotopic (exact) mass is 338 g/mol. The summed E-state index contributed by atoms with van der Waals surface area (Å²) < 4.78 is 16.1. The predicted molar refractivity (Wildman–Crippen MR) is 90.0 cm³/mol. The normalized spacial score (nSPS) is 11.9. The van der Waals surface area contributed by atoms with Crippen molar-refractivity contribution >= 4 is 12.1 Å². The van der Waals surface area contributed by atoms with Crippen LogP contribution in [-0.2, 0) is 14.3 Å². The molecule has 24 heavy (non-hydrogen) atoms. The summed E-state index contributed by atoms with van der Waals surface area (Å²) in [5.74, 6) is -0.0184. The van der Waals surface area contributed by atoms with Gasteiger partial charge in [0.05, 0.1) is 13.2 Å². The molecule has 0 bridgehead atoms. The molecule has 0 aliphatic rings. The first-order chi connectivity index (χ1) is 11.4. The van der Waals surface area contributed by atoms with Crippen LogP contribution in [0, 0.1) is 0 Å². The number of esters is 1. The molecule has 0 spiro atoms. The Morgan fingerprint density at radius 1 is 1.29 bits per heavy atom. The third-order valence-electron chi connectivity index (χ3n) is 3.02. The van der Waals surface area contributed by atoms with Gasteiger partial charge in [-0.05, 0) is 38.7 Å². The van der Waals surface area contributed by atoms with E-state index in [2.05, 4.69) is 5.32 Å². The summed E-state index contributed by atoms with van der Waals surface area (Å²) in [5, 5.41) is 2.55. The lowest BCUT2D eigenvalue weighted by Crippen LogP contribution is -2.26. The maximum Gasteiger partial charge on any atom is 0.412 e. The second-order valence-electron chi connectivity index (χ2n) is 5.47. The number of hydrogen-bond acceptors (Lipinski definition) is 6. The molecule has 7 heteroatoms. The van der Waals surface area contributed by atoms with Crippen LogP contribution in [-0.4, -0.2) is 57.4 Å². The average molecular weight is 338 g/mol. The van der Waals surface area contributed by atoms with E-state index < -0.39 is 18.2 Å². The fourth-order valence-electron chi connectivity index (χ4n) is 1.90. The maximum atomic E-state index is 11.5. The van der Waals surface area contributed by atoms with Gasteiger partial charge in [0.15, 0.2) is 6.10 Å². The Kier molecular flexibility index (Phi) is 8.81. The van der Waals surface area contributed by atoms with Gasteiger partial charge in [-0.15, -0.1) is 0 Å². The van der Waals surface area contributed by atoms with E-state index in [-0.39, 0.29) is 6.61 Å². The fraction of sp³-hybridized carbons (Fsp3) is 0.529. The van der Waals surface area contributed by atoms with Crippen molar-refractivity contribution in [1.29, 1.82) is 0 Å². The zero-order valence-corrected chi connectivity index (χ0v) is 14.7. The van der Waals surface area contributed by atoms with Gasteiger partial charge in [0.2, 0.25) is 0 Å². The van der Waals surface area contributed by atoms with Crippen LogP contribution < -0.4 is 10.1 Å². The lowest BCUT2D eigenvalue weighted by atomic mass is 10.1. The van der Waals surface area contributed by atoms with Crippen LogP contribution in [0.5, 0.6) is 5.75 Å². The lowest BCUT2D eigenvalue weighted by Gasteiger charge is -2.19. The van der Waals surface area contributed by atoms with Crippen LogP contribution in [0.4, 0.5) is 4.79 Å². The molecule has 0 aliphatic heterocycles. The minimum absolute atomic E-state index is 0.234. The Balaban J connectivity index is 2.74. The highest BCUT2D eigenvalue weighted by molar-refractivity contribution is 5.70. The number of amides is 1. The molecular formula is C17H26N2O5. The SMILES string of the molecule is CCNC(=O)Oc1cccc(C(COCCN(C)C)OC(C)=O)c1. The Morgan fingerprint density at radius 2 is 2.04 bits per heavy atom. The molecule has 1 unspecified atom stereocenters. The number of hydrogen-bond donors (Lipinski definition) is 1. The number of nitrogens with one attached hydrogen (secondary N) is 1. The molecule has 134 valence electrons. The summed E-state index contributed by atoms with van der Waals surface area (Å²) in [7, 11) is 3.91. The molecule has 0 radical (unpaired) electrons. The van der Waals surface area contributed by atoms with Crippen molar-refractivity contribution in [1.82, 2.24) is 10.2 Å². The van der Waals surface area contributed by atoms with Crippen molar-refractivity contribution < 1.29 is 23.8 Å². The number of rotatable bonds is 9. The summed E-state index contributed by atoms with van der Waals surface area (Å²) in [6.45, 7) is 5.17. The minimum atomic E-state index is -0.553. The lowest BCUT2D eigenvalue weighted by molar-refractivity contribution is -0.150. The van der Waals surface area contributed by atoms with Gasteiger partial charge >= 0.3 is 12.1 Å². The fourth-order valence-corrected chi connectivity index (χ4v) is 1.90. The van der Waals surface area contributed by atoms with Gasteiger partial charge in [-0.3, -0.25) is 4.79 Å². The summed E-state index contributed by atoms with van der Waals surface area (Å²) in [5.41, 5.74) is 0.705. The topological polar surface area (TPSA) is 77.1 Å². The smallest absolute Gasteiger partial charge is 0.412 e. The van der Waals surface area contributed by atoms with E-state index in [1.807, 2.05) is 19.0 Å². The third-order valence-corrected chi connectivity index (χ3v) is 3.02. The molecule has 0 fully saturated rings. The van der Waals surface area contributed by atoms with Gasteiger partial charge in [-0.1, -0.05) is 12.1 Å². The average Bonchev–Trinajstić information content (AvgIpc) is 2.50. The second-order valence-corrected chi connectivity index (χ2v) is 5.47. The van der Waals surface area contributed by atoms with Gasteiger partial charge in [-0.2, -0.15) is 0 Å². The van der Waals surface area contributed by atoms with Gasteiger partial charge < -0.3 is 24.4 Å². The van der Waals surface area contributed by atoms with Gasteiger partial charge in [0, 0.05) is 20.0 Å². The number of nitrogens with zero attached hydrogens (tertiary/aromatic N) is 1. The first-order valence-electron chi connectivity index (χ1n) is 7.87. The molecule has 1 aromatic rings. The summed E-state index contributed by atoms with van der Waals surface area (Å²) in [4.78, 5) is 24.8. The van der Waals surface area contributed by atoms with E-state index in [1.165, 1.54) is 6.92 Å². The first-order valence-corrected chi connectivity index (χ1v) is 7.87. The highest BCUT2D eigenvalue weighted by Gasteiger charge is 2.16. The largest absolute Gasteiger partial charge is 0.455 e. The van der Waals surface area contributed by atoms with Crippen molar-refractivity contribution in [3.05, 3.63) is 29.8 Å². The van der Waals surface area contributed by atoms with Crippen molar-refractivity contribution in [3.8, 4) is 5.75 Å². The van der Waals surface area contributed by atoms with E-state index >= 15 is 0 Å². The molecule has 0 heterocycles. The van der Waals surface area contributed by atoms with Crippen molar-refractivity contribution in [2.45, 2.75) is 20.0 Å².